The maximum atomic E-state index is 13.1. The van der Waals surface area contributed by atoms with E-state index in [1.807, 2.05) is 0 Å². The Bertz CT molecular complexity index is 1990. The topological polar surface area (TPSA) is 237 Å². The van der Waals surface area contributed by atoms with Crippen molar-refractivity contribution in [2.45, 2.75) is 471 Å². The Morgan fingerprint density at radius 3 is 0.654 bits per heavy atom. The fraction of sp³-hybridized carbons (Fsp3) is 0.953. The van der Waals surface area contributed by atoms with Crippen LogP contribution in [0.25, 0.3) is 0 Å². The van der Waals surface area contributed by atoms with Crippen LogP contribution in [0.1, 0.15) is 452 Å². The standard InChI is InChI=1S/C85H166O17P2/c1-7-9-11-13-15-17-19-20-21-22-26-29-32-38-44-50-56-62-68-83(88)96-74-81(102-84(89)69-63-57-51-45-39-33-30-27-24-23-25-28-31-36-41-47-53-59-65-77(3)4)76-100-104(93,94)98-72-79(86)71-97-103(91,92)99-75-80(73-95-82(87)67-61-55-49-43-18-16-14-12-10-8-2)101-85(90)70-64-58-52-46-40-35-34-37-42-48-54-60-66-78(5)6/h77-81,86H,7-76H2,1-6H3,(H,91,92)(H,93,94)/t79-,80+,81+/m0/s1. The first-order chi connectivity index (χ1) is 50.4. The Morgan fingerprint density at radius 2 is 0.442 bits per heavy atom. The molecule has 0 heterocycles. The van der Waals surface area contributed by atoms with Crippen molar-refractivity contribution in [2.24, 2.45) is 11.8 Å². The lowest BCUT2D eigenvalue weighted by Gasteiger charge is -2.21. The summed E-state index contributed by atoms with van der Waals surface area (Å²) in [6, 6.07) is 0. The van der Waals surface area contributed by atoms with Gasteiger partial charge in [0, 0.05) is 25.7 Å². The van der Waals surface area contributed by atoms with Gasteiger partial charge in [-0.3, -0.25) is 37.3 Å². The predicted octanol–water partition coefficient (Wildman–Crippen LogP) is 25.8. The van der Waals surface area contributed by atoms with Crippen molar-refractivity contribution in [3.05, 3.63) is 0 Å². The summed E-state index contributed by atoms with van der Waals surface area (Å²) in [6.45, 7) is 9.70. The molecule has 104 heavy (non-hydrogen) atoms. The number of esters is 4. The zero-order chi connectivity index (χ0) is 76.4. The van der Waals surface area contributed by atoms with Gasteiger partial charge in [-0.15, -0.1) is 0 Å². The van der Waals surface area contributed by atoms with Crippen molar-refractivity contribution < 1.29 is 80.2 Å². The summed E-state index contributed by atoms with van der Waals surface area (Å²) in [5, 5.41) is 10.7. The molecule has 2 unspecified atom stereocenters. The van der Waals surface area contributed by atoms with Crippen molar-refractivity contribution in [3.63, 3.8) is 0 Å². The average Bonchev–Trinajstić information content (AvgIpc) is 0.954. The number of aliphatic hydroxyl groups is 1. The monoisotopic (exact) mass is 1520 g/mol. The van der Waals surface area contributed by atoms with Crippen LogP contribution in [0.15, 0.2) is 0 Å². The van der Waals surface area contributed by atoms with Crippen molar-refractivity contribution in [1.82, 2.24) is 0 Å². The van der Waals surface area contributed by atoms with Gasteiger partial charge in [-0.25, -0.2) is 9.13 Å². The molecular formula is C85H166O17P2. The van der Waals surface area contributed by atoms with E-state index in [9.17, 15) is 43.2 Å². The molecule has 19 heteroatoms. The number of ether oxygens (including phenoxy) is 4. The maximum Gasteiger partial charge on any atom is 0.472 e. The number of carbonyl (C=O) groups excluding carboxylic acids is 4. The molecule has 0 aliphatic heterocycles. The molecule has 0 bridgehead atoms. The fourth-order valence-corrected chi connectivity index (χ4v) is 14.8. The first-order valence-electron chi connectivity index (χ1n) is 44.0. The van der Waals surface area contributed by atoms with Gasteiger partial charge in [-0.1, -0.05) is 401 Å². The van der Waals surface area contributed by atoms with Gasteiger partial charge in [-0.05, 0) is 37.5 Å². The van der Waals surface area contributed by atoms with Gasteiger partial charge in [0.2, 0.25) is 0 Å². The van der Waals surface area contributed by atoms with E-state index in [-0.39, 0.29) is 25.7 Å². The summed E-state index contributed by atoms with van der Waals surface area (Å²) in [6.07, 6.45) is 68.0. The van der Waals surface area contributed by atoms with E-state index in [1.54, 1.807) is 0 Å². The third kappa shape index (κ3) is 78.2. The van der Waals surface area contributed by atoms with Crippen LogP contribution in [0.4, 0.5) is 0 Å². The summed E-state index contributed by atoms with van der Waals surface area (Å²) in [7, 11) is -9.92. The van der Waals surface area contributed by atoms with Crippen molar-refractivity contribution in [3.8, 4) is 0 Å². The van der Waals surface area contributed by atoms with Gasteiger partial charge in [-0.2, -0.15) is 0 Å². The highest BCUT2D eigenvalue weighted by molar-refractivity contribution is 7.47. The number of phosphoric acid groups is 2. The summed E-state index contributed by atoms with van der Waals surface area (Å²) >= 11 is 0. The molecule has 5 atom stereocenters. The zero-order valence-electron chi connectivity index (χ0n) is 68.3. The molecule has 0 saturated heterocycles. The van der Waals surface area contributed by atoms with Crippen LogP contribution in [-0.2, 0) is 65.4 Å². The van der Waals surface area contributed by atoms with Crippen LogP contribution < -0.4 is 0 Å². The molecule has 0 saturated carbocycles. The minimum Gasteiger partial charge on any atom is -0.462 e. The number of hydrogen-bond donors (Lipinski definition) is 3. The van der Waals surface area contributed by atoms with Gasteiger partial charge in [0.1, 0.15) is 19.3 Å². The lowest BCUT2D eigenvalue weighted by Crippen LogP contribution is -2.30. The number of carbonyl (C=O) groups is 4. The number of phosphoric ester groups is 2. The maximum absolute atomic E-state index is 13.1. The minimum absolute atomic E-state index is 0.107. The van der Waals surface area contributed by atoms with E-state index >= 15 is 0 Å². The van der Waals surface area contributed by atoms with Crippen LogP contribution in [0.5, 0.6) is 0 Å². The van der Waals surface area contributed by atoms with Crippen LogP contribution in [0.3, 0.4) is 0 Å². The Balaban J connectivity index is 5.22. The van der Waals surface area contributed by atoms with Gasteiger partial charge in [0.05, 0.1) is 26.4 Å². The molecule has 0 aliphatic carbocycles. The second-order valence-electron chi connectivity index (χ2n) is 31.5. The lowest BCUT2D eigenvalue weighted by molar-refractivity contribution is -0.161. The molecule has 0 aromatic heterocycles. The second-order valence-corrected chi connectivity index (χ2v) is 34.4. The molecule has 3 N–H and O–H groups in total. The van der Waals surface area contributed by atoms with Crippen molar-refractivity contribution in [1.29, 1.82) is 0 Å². The number of aliphatic hydroxyl groups excluding tert-OH is 1. The minimum atomic E-state index is -4.96. The van der Waals surface area contributed by atoms with E-state index in [4.69, 9.17) is 37.0 Å². The summed E-state index contributed by atoms with van der Waals surface area (Å²) in [5.41, 5.74) is 0. The van der Waals surface area contributed by atoms with E-state index in [0.717, 1.165) is 102 Å². The van der Waals surface area contributed by atoms with E-state index < -0.39 is 97.5 Å². The SMILES string of the molecule is CCCCCCCCCCCCCCCCCCCCC(=O)OC[C@H](COP(=O)(O)OC[C@@H](O)COP(=O)(O)OC[C@@H](COC(=O)CCCCCCCCCCCC)OC(=O)CCCCCCCCCCCCCCC(C)C)OC(=O)CCCCCCCCCCCCCCCCCCCCC(C)C. The quantitative estimate of drug-likeness (QED) is 0.0222. The zero-order valence-corrected chi connectivity index (χ0v) is 70.1. The van der Waals surface area contributed by atoms with Crippen LogP contribution >= 0.6 is 15.6 Å². The third-order valence-electron chi connectivity index (χ3n) is 20.0. The molecular weight excluding hydrogens is 1350 g/mol. The largest absolute Gasteiger partial charge is 0.472 e. The first-order valence-corrected chi connectivity index (χ1v) is 47.0. The van der Waals surface area contributed by atoms with Gasteiger partial charge < -0.3 is 33.8 Å². The summed E-state index contributed by atoms with van der Waals surface area (Å²) in [5.74, 6) is -0.506. The fourth-order valence-electron chi connectivity index (χ4n) is 13.2. The molecule has 0 amide bonds. The van der Waals surface area contributed by atoms with Gasteiger partial charge >= 0.3 is 39.5 Å². The van der Waals surface area contributed by atoms with Gasteiger partial charge in [0.25, 0.3) is 0 Å². The van der Waals surface area contributed by atoms with Crippen LogP contribution in [0.2, 0.25) is 0 Å². The normalized spacial score (nSPS) is 13.8. The third-order valence-corrected chi connectivity index (χ3v) is 21.9. The number of unbranched alkanes of at least 4 members (excludes halogenated alkanes) is 54. The Hall–Kier alpha value is -1.94. The van der Waals surface area contributed by atoms with Gasteiger partial charge in [0.15, 0.2) is 12.2 Å². The molecule has 0 spiro atoms. The van der Waals surface area contributed by atoms with Crippen LogP contribution in [0, 0.1) is 11.8 Å². The molecule has 0 aliphatic rings. The Labute approximate surface area is 638 Å². The first kappa shape index (κ1) is 102. The van der Waals surface area contributed by atoms with Crippen LogP contribution in [-0.4, -0.2) is 96.7 Å². The lowest BCUT2D eigenvalue weighted by atomic mass is 10.0. The predicted molar refractivity (Wildman–Crippen MR) is 428 cm³/mol. The Kier molecular flexibility index (Phi) is 75.0. The molecule has 17 nitrogen and oxygen atoms in total. The highest BCUT2D eigenvalue weighted by Gasteiger charge is 2.30. The summed E-state index contributed by atoms with van der Waals surface area (Å²) < 4.78 is 68.8. The molecule has 0 aromatic carbocycles. The highest BCUT2D eigenvalue weighted by atomic mass is 31.2. The average molecular weight is 1520 g/mol. The smallest absolute Gasteiger partial charge is 0.462 e. The molecule has 0 fully saturated rings. The highest BCUT2D eigenvalue weighted by Crippen LogP contribution is 2.45. The van der Waals surface area contributed by atoms with E-state index in [1.165, 1.54) is 270 Å². The molecule has 618 valence electrons. The number of rotatable bonds is 84. The van der Waals surface area contributed by atoms with E-state index in [2.05, 4.69) is 41.5 Å². The molecule has 0 aromatic rings. The number of hydrogen-bond acceptors (Lipinski definition) is 15. The second kappa shape index (κ2) is 76.4. The molecule has 0 rings (SSSR count). The van der Waals surface area contributed by atoms with Crippen molar-refractivity contribution >= 4 is 39.5 Å². The Morgan fingerprint density at radius 1 is 0.260 bits per heavy atom. The van der Waals surface area contributed by atoms with E-state index in [0.29, 0.717) is 25.7 Å². The summed E-state index contributed by atoms with van der Waals surface area (Å²) in [4.78, 5) is 73.2. The van der Waals surface area contributed by atoms with Crippen molar-refractivity contribution in [2.75, 3.05) is 39.6 Å². The molecule has 0 radical (unpaired) electrons.